The van der Waals surface area contributed by atoms with E-state index in [9.17, 15) is 4.79 Å². The van der Waals surface area contributed by atoms with E-state index in [1.807, 2.05) is 0 Å². The molecule has 0 radical (unpaired) electrons. The average molecular weight is 169 g/mol. The molecule has 12 heavy (non-hydrogen) atoms. The number of unbranched alkanes of at least 4 members (excludes halogenated alkanes) is 1. The van der Waals surface area contributed by atoms with Crippen molar-refractivity contribution in [1.82, 2.24) is 10.6 Å². The number of carbonyl (C=O) groups excluding carboxylic acids is 1. The predicted octanol–water partition coefficient (Wildman–Crippen LogP) is -0.342. The zero-order chi connectivity index (χ0) is 9.23. The molecule has 0 aliphatic rings. The highest BCUT2D eigenvalue weighted by atomic mass is 16.2. The molecule has 4 N–H and O–H groups in total. The minimum absolute atomic E-state index is 0.486. The van der Waals surface area contributed by atoms with Crippen molar-refractivity contribution in [2.24, 2.45) is 5.73 Å². The summed E-state index contributed by atoms with van der Waals surface area (Å²) in [6, 6.07) is -0.486. The zero-order valence-corrected chi connectivity index (χ0v) is 7.10. The van der Waals surface area contributed by atoms with Gasteiger partial charge in [0.25, 0.3) is 0 Å². The Labute approximate surface area is 72.9 Å². The van der Waals surface area contributed by atoms with Gasteiger partial charge in [0.15, 0.2) is 0 Å². The Morgan fingerprint density at radius 2 is 2.17 bits per heavy atom. The standard InChI is InChI=1S/C8H15N3O/c1-2-3-4-5-10-6-7-11-8(9)12/h1,10H,3-7H2,(H3,9,11,12). The summed E-state index contributed by atoms with van der Waals surface area (Å²) in [6.45, 7) is 2.17. The highest BCUT2D eigenvalue weighted by Gasteiger charge is 1.89. The molecule has 2 amide bonds. The first-order chi connectivity index (χ1) is 5.77. The second kappa shape index (κ2) is 7.89. The Kier molecular flexibility index (Phi) is 7.10. The van der Waals surface area contributed by atoms with Gasteiger partial charge in [0.2, 0.25) is 0 Å². The molecule has 0 aromatic heterocycles. The van der Waals surface area contributed by atoms with Crippen LogP contribution in [0.15, 0.2) is 0 Å². The number of terminal acetylenes is 1. The molecule has 0 aromatic carbocycles. The molecule has 0 saturated heterocycles. The lowest BCUT2D eigenvalue weighted by atomic mass is 10.3. The van der Waals surface area contributed by atoms with Crippen molar-refractivity contribution in [3.05, 3.63) is 0 Å². The van der Waals surface area contributed by atoms with E-state index in [4.69, 9.17) is 12.2 Å². The highest BCUT2D eigenvalue weighted by Crippen LogP contribution is 1.81. The maximum Gasteiger partial charge on any atom is 0.312 e. The average Bonchev–Trinajstić information content (AvgIpc) is 2.02. The number of primary amides is 1. The van der Waals surface area contributed by atoms with Crippen molar-refractivity contribution >= 4 is 6.03 Å². The Balaban J connectivity index is 2.92. The third-order valence-electron chi connectivity index (χ3n) is 1.28. The Morgan fingerprint density at radius 3 is 2.75 bits per heavy atom. The molecule has 4 heteroatoms. The third-order valence-corrected chi connectivity index (χ3v) is 1.28. The highest BCUT2D eigenvalue weighted by molar-refractivity contribution is 5.71. The largest absolute Gasteiger partial charge is 0.352 e. The maximum atomic E-state index is 10.2. The number of nitrogens with two attached hydrogens (primary N) is 1. The molecule has 0 saturated carbocycles. The molecule has 0 heterocycles. The Bertz CT molecular complexity index is 162. The Morgan fingerprint density at radius 1 is 1.42 bits per heavy atom. The lowest BCUT2D eigenvalue weighted by Crippen LogP contribution is -2.35. The molecule has 68 valence electrons. The van der Waals surface area contributed by atoms with Crippen LogP contribution in [0.3, 0.4) is 0 Å². The van der Waals surface area contributed by atoms with Gasteiger partial charge in [0.1, 0.15) is 0 Å². The van der Waals surface area contributed by atoms with Crippen LogP contribution in [0.25, 0.3) is 0 Å². The van der Waals surface area contributed by atoms with Gasteiger partial charge in [-0.15, -0.1) is 12.3 Å². The van der Waals surface area contributed by atoms with Crippen LogP contribution in [0.4, 0.5) is 4.79 Å². The summed E-state index contributed by atoms with van der Waals surface area (Å²) >= 11 is 0. The molecule has 0 spiro atoms. The van der Waals surface area contributed by atoms with Crippen LogP contribution in [-0.4, -0.2) is 25.7 Å². The number of rotatable bonds is 6. The van der Waals surface area contributed by atoms with Crippen LogP contribution in [0.5, 0.6) is 0 Å². The number of carbonyl (C=O) groups is 1. The summed E-state index contributed by atoms with van der Waals surface area (Å²) < 4.78 is 0. The zero-order valence-electron chi connectivity index (χ0n) is 7.10. The Hall–Kier alpha value is -1.21. The van der Waals surface area contributed by atoms with E-state index in [1.54, 1.807) is 0 Å². The van der Waals surface area contributed by atoms with Crippen molar-refractivity contribution in [2.45, 2.75) is 12.8 Å². The third kappa shape index (κ3) is 8.79. The van der Waals surface area contributed by atoms with E-state index < -0.39 is 6.03 Å². The van der Waals surface area contributed by atoms with Gasteiger partial charge in [-0.1, -0.05) is 0 Å². The molecule has 0 aliphatic heterocycles. The fraction of sp³-hybridized carbons (Fsp3) is 0.625. The summed E-state index contributed by atoms with van der Waals surface area (Å²) in [5.74, 6) is 2.55. The number of hydrogen-bond donors (Lipinski definition) is 3. The van der Waals surface area contributed by atoms with Gasteiger partial charge in [-0.05, 0) is 13.0 Å². The van der Waals surface area contributed by atoms with Gasteiger partial charge in [0, 0.05) is 19.5 Å². The fourth-order valence-corrected chi connectivity index (χ4v) is 0.715. The van der Waals surface area contributed by atoms with E-state index in [0.29, 0.717) is 6.54 Å². The van der Waals surface area contributed by atoms with Crippen LogP contribution in [0.1, 0.15) is 12.8 Å². The first-order valence-electron chi connectivity index (χ1n) is 3.95. The van der Waals surface area contributed by atoms with Gasteiger partial charge in [-0.25, -0.2) is 4.79 Å². The van der Waals surface area contributed by atoms with Crippen LogP contribution in [0.2, 0.25) is 0 Å². The maximum absolute atomic E-state index is 10.2. The lowest BCUT2D eigenvalue weighted by Gasteiger charge is -2.02. The normalized spacial score (nSPS) is 8.92. The summed E-state index contributed by atoms with van der Waals surface area (Å²) in [6.07, 6.45) is 6.81. The second-order valence-corrected chi connectivity index (χ2v) is 2.35. The fourth-order valence-electron chi connectivity index (χ4n) is 0.715. The smallest absolute Gasteiger partial charge is 0.312 e. The van der Waals surface area contributed by atoms with Crippen molar-refractivity contribution in [1.29, 1.82) is 0 Å². The van der Waals surface area contributed by atoms with Gasteiger partial charge in [-0.2, -0.15) is 0 Å². The summed E-state index contributed by atoms with van der Waals surface area (Å²) in [7, 11) is 0. The first-order valence-corrected chi connectivity index (χ1v) is 3.95. The summed E-state index contributed by atoms with van der Waals surface area (Å²) in [5.41, 5.74) is 4.85. The van der Waals surface area contributed by atoms with Gasteiger partial charge >= 0.3 is 6.03 Å². The monoisotopic (exact) mass is 169 g/mol. The molecule has 0 bridgehead atoms. The predicted molar refractivity (Wildman–Crippen MR) is 48.5 cm³/mol. The molecular formula is C8H15N3O. The number of nitrogens with one attached hydrogen (secondary N) is 2. The molecular weight excluding hydrogens is 154 g/mol. The van der Waals surface area contributed by atoms with Crippen molar-refractivity contribution in [3.63, 3.8) is 0 Å². The van der Waals surface area contributed by atoms with Crippen LogP contribution >= 0.6 is 0 Å². The number of hydrogen-bond acceptors (Lipinski definition) is 2. The van der Waals surface area contributed by atoms with Crippen molar-refractivity contribution in [3.8, 4) is 12.3 Å². The van der Waals surface area contributed by atoms with Crippen LogP contribution in [-0.2, 0) is 0 Å². The molecule has 0 aromatic rings. The van der Waals surface area contributed by atoms with Gasteiger partial charge in [0.05, 0.1) is 0 Å². The van der Waals surface area contributed by atoms with E-state index in [-0.39, 0.29) is 0 Å². The molecule has 0 aliphatic carbocycles. The molecule has 0 rings (SSSR count). The van der Waals surface area contributed by atoms with Gasteiger partial charge in [-0.3, -0.25) is 0 Å². The summed E-state index contributed by atoms with van der Waals surface area (Å²) in [4.78, 5) is 10.2. The molecule has 0 fully saturated rings. The van der Waals surface area contributed by atoms with Crippen LogP contribution < -0.4 is 16.4 Å². The lowest BCUT2D eigenvalue weighted by molar-refractivity contribution is 0.249. The van der Waals surface area contributed by atoms with Crippen molar-refractivity contribution in [2.75, 3.05) is 19.6 Å². The van der Waals surface area contributed by atoms with Crippen molar-refractivity contribution < 1.29 is 4.79 Å². The minimum Gasteiger partial charge on any atom is -0.352 e. The van der Waals surface area contributed by atoms with E-state index >= 15 is 0 Å². The van der Waals surface area contributed by atoms with E-state index in [0.717, 1.165) is 25.9 Å². The quantitative estimate of drug-likeness (QED) is 0.376. The SMILES string of the molecule is C#CCCCNCCNC(N)=O. The summed E-state index contributed by atoms with van der Waals surface area (Å²) in [5, 5.41) is 5.58. The number of amides is 2. The topological polar surface area (TPSA) is 67.2 Å². The molecule has 4 nitrogen and oxygen atoms in total. The molecule has 0 atom stereocenters. The van der Waals surface area contributed by atoms with E-state index in [2.05, 4.69) is 16.6 Å². The van der Waals surface area contributed by atoms with Gasteiger partial charge < -0.3 is 16.4 Å². The van der Waals surface area contributed by atoms with E-state index in [1.165, 1.54) is 0 Å². The first kappa shape index (κ1) is 10.8. The second-order valence-electron chi connectivity index (χ2n) is 2.35. The van der Waals surface area contributed by atoms with Crippen LogP contribution in [0, 0.1) is 12.3 Å². The minimum atomic E-state index is -0.486. The molecule has 0 unspecified atom stereocenters. The number of urea groups is 1.